The molecule has 0 saturated carbocycles. The van der Waals surface area contributed by atoms with Gasteiger partial charge >= 0.3 is 0 Å². The molecule has 0 aromatic heterocycles. The number of rotatable bonds is 2. The zero-order chi connectivity index (χ0) is 12.2. The number of halogens is 1. The van der Waals surface area contributed by atoms with Gasteiger partial charge in [-0.1, -0.05) is 54.6 Å². The van der Waals surface area contributed by atoms with Crippen LogP contribution in [0.15, 0.2) is 54.6 Å². The molecule has 2 heteroatoms. The molecule has 1 aliphatic heterocycles. The van der Waals surface area contributed by atoms with Gasteiger partial charge in [0.15, 0.2) is 0 Å². The van der Waals surface area contributed by atoms with E-state index >= 15 is 0 Å². The van der Waals surface area contributed by atoms with Crippen molar-refractivity contribution in [3.05, 3.63) is 60.2 Å². The highest BCUT2D eigenvalue weighted by Gasteiger charge is 2.15. The highest BCUT2D eigenvalue weighted by Crippen LogP contribution is 2.28. The Balaban J connectivity index is 0.00000133. The molecule has 3 rings (SSSR count). The van der Waals surface area contributed by atoms with Crippen molar-refractivity contribution in [2.75, 3.05) is 13.1 Å². The largest absolute Gasteiger partial charge is 0.317 e. The van der Waals surface area contributed by atoms with Gasteiger partial charge in [-0.05, 0) is 48.5 Å². The molecular weight excluding hydrogens is 254 g/mol. The summed E-state index contributed by atoms with van der Waals surface area (Å²) in [7, 11) is 0. The van der Waals surface area contributed by atoms with Crippen molar-refractivity contribution >= 4 is 12.4 Å². The standard InChI is InChI=1S/C17H19N.ClH/c1-2-5-14(6-3-1)16-7-4-8-17(13-16)15-9-11-18-12-10-15;/h1-8,13,15,18H,9-12H2;1H. The Morgan fingerprint density at radius 2 is 1.47 bits per heavy atom. The Bertz CT molecular complexity index is 504. The van der Waals surface area contributed by atoms with Gasteiger partial charge in [0.05, 0.1) is 0 Å². The fourth-order valence-corrected chi connectivity index (χ4v) is 2.76. The van der Waals surface area contributed by atoms with Crippen molar-refractivity contribution in [2.24, 2.45) is 0 Å². The number of piperidine rings is 1. The molecule has 0 amide bonds. The van der Waals surface area contributed by atoms with Crippen LogP contribution in [0.5, 0.6) is 0 Å². The van der Waals surface area contributed by atoms with Crippen molar-refractivity contribution in [1.82, 2.24) is 5.32 Å². The summed E-state index contributed by atoms with van der Waals surface area (Å²) < 4.78 is 0. The second kappa shape index (κ2) is 6.74. The molecule has 0 bridgehead atoms. The Hall–Kier alpha value is -1.31. The monoisotopic (exact) mass is 273 g/mol. The van der Waals surface area contributed by atoms with Crippen molar-refractivity contribution in [1.29, 1.82) is 0 Å². The van der Waals surface area contributed by atoms with Gasteiger partial charge in [0.2, 0.25) is 0 Å². The maximum Gasteiger partial charge on any atom is -0.00431 e. The maximum atomic E-state index is 3.43. The first-order valence-electron chi connectivity index (χ1n) is 6.79. The topological polar surface area (TPSA) is 12.0 Å². The SMILES string of the molecule is Cl.c1ccc(-c2cccc(C3CCNCC3)c2)cc1. The number of hydrogen-bond acceptors (Lipinski definition) is 1. The highest BCUT2D eigenvalue weighted by molar-refractivity contribution is 5.85. The van der Waals surface area contributed by atoms with Gasteiger partial charge < -0.3 is 5.32 Å². The maximum absolute atomic E-state index is 3.43. The van der Waals surface area contributed by atoms with E-state index in [-0.39, 0.29) is 12.4 Å². The number of nitrogens with one attached hydrogen (secondary N) is 1. The summed E-state index contributed by atoms with van der Waals surface area (Å²) in [6.45, 7) is 2.31. The molecule has 2 aromatic rings. The Morgan fingerprint density at radius 3 is 2.21 bits per heavy atom. The fourth-order valence-electron chi connectivity index (χ4n) is 2.76. The highest BCUT2D eigenvalue weighted by atomic mass is 35.5. The molecule has 0 atom stereocenters. The Labute approximate surface area is 121 Å². The molecule has 0 spiro atoms. The van der Waals surface area contributed by atoms with Crippen molar-refractivity contribution in [2.45, 2.75) is 18.8 Å². The summed E-state index contributed by atoms with van der Waals surface area (Å²) in [4.78, 5) is 0. The van der Waals surface area contributed by atoms with Crippen molar-refractivity contribution in [3.8, 4) is 11.1 Å². The van der Waals surface area contributed by atoms with Crippen LogP contribution in [0.1, 0.15) is 24.3 Å². The quantitative estimate of drug-likeness (QED) is 0.863. The summed E-state index contributed by atoms with van der Waals surface area (Å²) >= 11 is 0. The summed E-state index contributed by atoms with van der Waals surface area (Å²) in [5, 5.41) is 3.43. The van der Waals surface area contributed by atoms with Crippen LogP contribution in [0.2, 0.25) is 0 Å². The zero-order valence-corrected chi connectivity index (χ0v) is 11.8. The van der Waals surface area contributed by atoms with E-state index in [9.17, 15) is 0 Å². The molecule has 2 aromatic carbocycles. The lowest BCUT2D eigenvalue weighted by atomic mass is 9.88. The molecule has 100 valence electrons. The van der Waals surface area contributed by atoms with Gasteiger partial charge in [0.25, 0.3) is 0 Å². The van der Waals surface area contributed by atoms with E-state index in [0.717, 1.165) is 19.0 Å². The first-order valence-corrected chi connectivity index (χ1v) is 6.79. The third kappa shape index (κ3) is 3.37. The third-order valence-corrected chi connectivity index (χ3v) is 3.80. The van der Waals surface area contributed by atoms with Crippen LogP contribution in [0.3, 0.4) is 0 Å². The van der Waals surface area contributed by atoms with E-state index < -0.39 is 0 Å². The molecule has 1 aliphatic rings. The minimum atomic E-state index is 0. The van der Waals surface area contributed by atoms with E-state index in [4.69, 9.17) is 0 Å². The predicted molar refractivity (Wildman–Crippen MR) is 84.0 cm³/mol. The second-order valence-electron chi connectivity index (χ2n) is 5.02. The second-order valence-corrected chi connectivity index (χ2v) is 5.02. The molecule has 1 heterocycles. The van der Waals surface area contributed by atoms with Crippen molar-refractivity contribution in [3.63, 3.8) is 0 Å². The molecule has 1 nitrogen and oxygen atoms in total. The average molecular weight is 274 g/mol. The van der Waals surface area contributed by atoms with Crippen LogP contribution in [-0.4, -0.2) is 13.1 Å². The third-order valence-electron chi connectivity index (χ3n) is 3.80. The van der Waals surface area contributed by atoms with E-state index in [0.29, 0.717) is 0 Å². The summed E-state index contributed by atoms with van der Waals surface area (Å²) in [5.74, 6) is 0.731. The van der Waals surface area contributed by atoms with Gasteiger partial charge in [-0.2, -0.15) is 0 Å². The average Bonchev–Trinajstić information content (AvgIpc) is 2.49. The zero-order valence-electron chi connectivity index (χ0n) is 11.0. The normalized spacial score (nSPS) is 15.8. The van der Waals surface area contributed by atoms with Crippen LogP contribution >= 0.6 is 12.4 Å². The lowest BCUT2D eigenvalue weighted by Crippen LogP contribution is -2.26. The molecule has 1 N–H and O–H groups in total. The molecule has 0 aliphatic carbocycles. The summed E-state index contributed by atoms with van der Waals surface area (Å²) in [6.07, 6.45) is 2.52. The molecule has 0 radical (unpaired) electrons. The smallest absolute Gasteiger partial charge is 0.00431 e. The van der Waals surface area contributed by atoms with E-state index in [1.54, 1.807) is 0 Å². The Morgan fingerprint density at radius 1 is 0.789 bits per heavy atom. The van der Waals surface area contributed by atoms with E-state index in [2.05, 4.69) is 59.9 Å². The predicted octanol–water partition coefficient (Wildman–Crippen LogP) is 4.24. The fraction of sp³-hybridized carbons (Fsp3) is 0.294. The van der Waals surface area contributed by atoms with Crippen LogP contribution in [-0.2, 0) is 0 Å². The first-order chi connectivity index (χ1) is 8.93. The van der Waals surface area contributed by atoms with E-state index in [1.165, 1.54) is 29.5 Å². The van der Waals surface area contributed by atoms with Crippen LogP contribution in [0, 0.1) is 0 Å². The van der Waals surface area contributed by atoms with Gasteiger partial charge in [0.1, 0.15) is 0 Å². The van der Waals surface area contributed by atoms with Crippen LogP contribution < -0.4 is 5.32 Å². The van der Waals surface area contributed by atoms with Gasteiger partial charge in [-0.25, -0.2) is 0 Å². The molecule has 1 fully saturated rings. The molecular formula is C17H20ClN. The minimum absolute atomic E-state index is 0. The van der Waals surface area contributed by atoms with Gasteiger partial charge in [0, 0.05) is 0 Å². The van der Waals surface area contributed by atoms with Crippen LogP contribution in [0.4, 0.5) is 0 Å². The van der Waals surface area contributed by atoms with E-state index in [1.807, 2.05) is 0 Å². The molecule has 19 heavy (non-hydrogen) atoms. The molecule has 0 unspecified atom stereocenters. The number of benzene rings is 2. The van der Waals surface area contributed by atoms with Gasteiger partial charge in [-0.3, -0.25) is 0 Å². The minimum Gasteiger partial charge on any atom is -0.317 e. The lowest BCUT2D eigenvalue weighted by molar-refractivity contribution is 0.460. The summed E-state index contributed by atoms with van der Waals surface area (Å²) in [5.41, 5.74) is 4.15. The molecule has 1 saturated heterocycles. The van der Waals surface area contributed by atoms with Crippen molar-refractivity contribution < 1.29 is 0 Å². The number of hydrogen-bond donors (Lipinski definition) is 1. The van der Waals surface area contributed by atoms with Crippen LogP contribution in [0.25, 0.3) is 11.1 Å². The lowest BCUT2D eigenvalue weighted by Gasteiger charge is -2.23. The Kier molecular flexibility index (Phi) is 5.00. The first kappa shape index (κ1) is 14.1. The van der Waals surface area contributed by atoms with Gasteiger partial charge in [-0.15, -0.1) is 12.4 Å². The summed E-state index contributed by atoms with van der Waals surface area (Å²) in [6, 6.07) is 19.7.